The molecule has 0 aromatic heterocycles. The highest BCUT2D eigenvalue weighted by Gasteiger charge is 2.14. The lowest BCUT2D eigenvalue weighted by molar-refractivity contribution is 0.0598. The molecule has 8 heteroatoms. The van der Waals surface area contributed by atoms with E-state index in [-0.39, 0.29) is 4.90 Å². The van der Waals surface area contributed by atoms with Crippen molar-refractivity contribution in [1.82, 2.24) is 4.83 Å². The summed E-state index contributed by atoms with van der Waals surface area (Å²) in [6.45, 7) is 0. The van der Waals surface area contributed by atoms with Crippen LogP contribution < -0.4 is 9.57 Å². The fraction of sp³-hybridized carbons (Fsp3) is 0.0400. The van der Waals surface area contributed by atoms with Gasteiger partial charge in [-0.15, -0.1) is 0 Å². The predicted molar refractivity (Wildman–Crippen MR) is 126 cm³/mol. The van der Waals surface area contributed by atoms with Gasteiger partial charge in [0.15, 0.2) is 0 Å². The van der Waals surface area contributed by atoms with Gasteiger partial charge in [-0.3, -0.25) is 0 Å². The van der Waals surface area contributed by atoms with Crippen molar-refractivity contribution in [3.05, 3.63) is 102 Å². The Bertz CT molecular complexity index is 1450. The van der Waals surface area contributed by atoms with E-state index in [1.165, 1.54) is 19.4 Å². The molecule has 4 aromatic carbocycles. The Hall–Kier alpha value is -4.17. The van der Waals surface area contributed by atoms with E-state index < -0.39 is 16.0 Å². The summed E-state index contributed by atoms with van der Waals surface area (Å²) in [6, 6.07) is 26.0. The van der Waals surface area contributed by atoms with Gasteiger partial charge < -0.3 is 9.47 Å². The summed E-state index contributed by atoms with van der Waals surface area (Å²) in [5.41, 5.74) is 0.895. The standard InChI is InChI=1S/C25H20N2O5S/c1-31-25(28)23-11-4-5-12-24(23)32-21-10-6-7-18(15-21)17-26-27-33(29,30)22-14-13-19-8-2-3-9-20(19)16-22/h2-17,27H,1H3. The van der Waals surface area contributed by atoms with Crippen LogP contribution in [0.3, 0.4) is 0 Å². The molecule has 33 heavy (non-hydrogen) atoms. The Balaban J connectivity index is 1.49. The number of ether oxygens (including phenoxy) is 2. The van der Waals surface area contributed by atoms with Gasteiger partial charge in [-0.05, 0) is 52.7 Å². The van der Waals surface area contributed by atoms with Crippen LogP contribution in [0.5, 0.6) is 11.5 Å². The largest absolute Gasteiger partial charge is 0.465 e. The van der Waals surface area contributed by atoms with Gasteiger partial charge in [-0.2, -0.15) is 13.5 Å². The van der Waals surface area contributed by atoms with Crippen LogP contribution in [0.4, 0.5) is 0 Å². The molecule has 4 aromatic rings. The van der Waals surface area contributed by atoms with E-state index in [0.29, 0.717) is 22.6 Å². The number of methoxy groups -OCH3 is 1. The van der Waals surface area contributed by atoms with Crippen molar-refractivity contribution in [3.8, 4) is 11.5 Å². The topological polar surface area (TPSA) is 94.1 Å². The fourth-order valence-corrected chi connectivity index (χ4v) is 4.00. The lowest BCUT2D eigenvalue weighted by Crippen LogP contribution is -2.18. The van der Waals surface area contributed by atoms with Crippen molar-refractivity contribution in [1.29, 1.82) is 0 Å². The molecule has 0 fully saturated rings. The minimum atomic E-state index is -3.83. The third-order valence-corrected chi connectivity index (χ3v) is 6.02. The summed E-state index contributed by atoms with van der Waals surface area (Å²) in [6.07, 6.45) is 1.37. The molecule has 0 heterocycles. The first-order chi connectivity index (χ1) is 16.0. The van der Waals surface area contributed by atoms with Gasteiger partial charge >= 0.3 is 5.97 Å². The van der Waals surface area contributed by atoms with Crippen LogP contribution in [0, 0.1) is 0 Å². The SMILES string of the molecule is COC(=O)c1ccccc1Oc1cccc(C=NNS(=O)(=O)c2ccc3ccccc3c2)c1. The maximum absolute atomic E-state index is 12.6. The highest BCUT2D eigenvalue weighted by molar-refractivity contribution is 7.89. The summed E-state index contributed by atoms with van der Waals surface area (Å²) in [4.78, 5) is 14.3. The Morgan fingerprint density at radius 2 is 1.64 bits per heavy atom. The Labute approximate surface area is 191 Å². The number of para-hydroxylation sites is 1. The molecular weight excluding hydrogens is 440 g/mol. The molecule has 0 amide bonds. The van der Waals surface area contributed by atoms with Crippen molar-refractivity contribution < 1.29 is 22.7 Å². The summed E-state index contributed by atoms with van der Waals surface area (Å²) in [5.74, 6) is 0.287. The third-order valence-electron chi connectivity index (χ3n) is 4.80. The molecule has 7 nitrogen and oxygen atoms in total. The summed E-state index contributed by atoms with van der Waals surface area (Å²) < 4.78 is 35.8. The van der Waals surface area contributed by atoms with Crippen LogP contribution in [0.1, 0.15) is 15.9 Å². The minimum absolute atomic E-state index is 0.120. The Kier molecular flexibility index (Phi) is 6.37. The van der Waals surface area contributed by atoms with Gasteiger partial charge in [-0.25, -0.2) is 9.63 Å². The summed E-state index contributed by atoms with van der Waals surface area (Å²) in [5, 5.41) is 5.65. The Morgan fingerprint density at radius 1 is 0.879 bits per heavy atom. The molecule has 0 aliphatic carbocycles. The summed E-state index contributed by atoms with van der Waals surface area (Å²) in [7, 11) is -2.53. The maximum Gasteiger partial charge on any atom is 0.341 e. The first-order valence-electron chi connectivity index (χ1n) is 9.95. The number of fused-ring (bicyclic) bond motifs is 1. The van der Waals surface area contributed by atoms with Gasteiger partial charge in [0.25, 0.3) is 10.0 Å². The molecular formula is C25H20N2O5S. The average Bonchev–Trinajstić information content (AvgIpc) is 2.84. The Morgan fingerprint density at radius 3 is 2.45 bits per heavy atom. The van der Waals surface area contributed by atoms with Crippen LogP contribution in [0.2, 0.25) is 0 Å². The van der Waals surface area contributed by atoms with E-state index in [0.717, 1.165) is 10.8 Å². The molecule has 166 valence electrons. The lowest BCUT2D eigenvalue weighted by Gasteiger charge is -2.10. The van der Waals surface area contributed by atoms with E-state index in [4.69, 9.17) is 9.47 Å². The van der Waals surface area contributed by atoms with Gasteiger partial charge in [-0.1, -0.05) is 54.6 Å². The lowest BCUT2D eigenvalue weighted by atomic mass is 10.1. The summed E-state index contributed by atoms with van der Waals surface area (Å²) >= 11 is 0. The zero-order valence-corrected chi connectivity index (χ0v) is 18.5. The number of carbonyl (C=O) groups is 1. The smallest absolute Gasteiger partial charge is 0.341 e. The molecule has 4 rings (SSSR count). The van der Waals surface area contributed by atoms with Crippen LogP contribution in [-0.2, 0) is 14.8 Å². The monoisotopic (exact) mass is 460 g/mol. The molecule has 0 bridgehead atoms. The van der Waals surface area contributed by atoms with Crippen molar-refractivity contribution in [2.45, 2.75) is 4.90 Å². The number of esters is 1. The molecule has 0 unspecified atom stereocenters. The van der Waals surface area contributed by atoms with Crippen LogP contribution in [0.15, 0.2) is 101 Å². The number of carbonyl (C=O) groups excluding carboxylic acids is 1. The van der Waals surface area contributed by atoms with Crippen molar-refractivity contribution in [2.75, 3.05) is 7.11 Å². The highest BCUT2D eigenvalue weighted by atomic mass is 32.2. The first kappa shape index (κ1) is 22.0. The normalized spacial score (nSPS) is 11.4. The average molecular weight is 461 g/mol. The number of benzene rings is 4. The second-order valence-electron chi connectivity index (χ2n) is 7.02. The zero-order chi connectivity index (χ0) is 23.3. The quantitative estimate of drug-likeness (QED) is 0.244. The highest BCUT2D eigenvalue weighted by Crippen LogP contribution is 2.26. The van der Waals surface area contributed by atoms with E-state index in [1.54, 1.807) is 60.7 Å². The van der Waals surface area contributed by atoms with Crippen molar-refractivity contribution in [2.24, 2.45) is 5.10 Å². The maximum atomic E-state index is 12.6. The number of hydrogen-bond donors (Lipinski definition) is 1. The fourth-order valence-electron chi connectivity index (χ4n) is 3.18. The molecule has 1 N–H and O–H groups in total. The van der Waals surface area contributed by atoms with E-state index in [2.05, 4.69) is 9.93 Å². The van der Waals surface area contributed by atoms with Crippen molar-refractivity contribution >= 4 is 33.0 Å². The second-order valence-corrected chi connectivity index (χ2v) is 8.69. The minimum Gasteiger partial charge on any atom is -0.465 e. The molecule has 0 aliphatic rings. The van der Waals surface area contributed by atoms with Gasteiger partial charge in [0.1, 0.15) is 17.1 Å². The molecule has 0 aliphatic heterocycles. The van der Waals surface area contributed by atoms with E-state index in [9.17, 15) is 13.2 Å². The number of sulfonamides is 1. The molecule has 0 radical (unpaired) electrons. The third kappa shape index (κ3) is 5.19. The number of hydrogen-bond acceptors (Lipinski definition) is 6. The van der Waals surface area contributed by atoms with Gasteiger partial charge in [0.2, 0.25) is 0 Å². The zero-order valence-electron chi connectivity index (χ0n) is 17.6. The number of hydrazone groups is 1. The van der Waals surface area contributed by atoms with E-state index in [1.807, 2.05) is 24.3 Å². The molecule has 0 atom stereocenters. The van der Waals surface area contributed by atoms with Gasteiger partial charge in [0, 0.05) is 0 Å². The van der Waals surface area contributed by atoms with E-state index >= 15 is 0 Å². The van der Waals surface area contributed by atoms with Gasteiger partial charge in [0.05, 0.1) is 18.2 Å². The van der Waals surface area contributed by atoms with Crippen molar-refractivity contribution in [3.63, 3.8) is 0 Å². The molecule has 0 saturated carbocycles. The van der Waals surface area contributed by atoms with Crippen LogP contribution >= 0.6 is 0 Å². The predicted octanol–water partition coefficient (Wildman–Crippen LogP) is 4.73. The number of rotatable bonds is 7. The number of nitrogens with one attached hydrogen (secondary N) is 1. The second kappa shape index (κ2) is 9.54. The molecule has 0 saturated heterocycles. The first-order valence-corrected chi connectivity index (χ1v) is 11.4. The number of nitrogens with zero attached hydrogens (tertiary/aromatic N) is 1. The molecule has 0 spiro atoms. The van der Waals surface area contributed by atoms with Crippen LogP contribution in [-0.4, -0.2) is 27.7 Å². The van der Waals surface area contributed by atoms with Crippen LogP contribution in [0.25, 0.3) is 10.8 Å².